The van der Waals surface area contributed by atoms with Crippen LogP contribution in [-0.4, -0.2) is 83.3 Å². The lowest BCUT2D eigenvalue weighted by atomic mass is 9.99. The van der Waals surface area contributed by atoms with Gasteiger partial charge in [0, 0.05) is 30.5 Å². The third-order valence-electron chi connectivity index (χ3n) is 7.76. The Morgan fingerprint density at radius 1 is 0.844 bits per heavy atom. The molecular formula is C34H50N6O4S. The molecule has 1 aliphatic heterocycles. The molecule has 4 amide bonds. The fraction of sp³-hybridized carbons (Fsp3) is 0.529. The van der Waals surface area contributed by atoms with Crippen molar-refractivity contribution in [1.82, 2.24) is 20.9 Å². The third kappa shape index (κ3) is 12.1. The van der Waals surface area contributed by atoms with Gasteiger partial charge in [-0.1, -0.05) is 81.4 Å². The zero-order valence-corrected chi connectivity index (χ0v) is 27.6. The number of hydrogen-bond acceptors (Lipinski definition) is 7. The molecule has 3 rings (SSSR count). The standard InChI is InChI=1S/C34H50N6O4S/c1-23(2)19-29(32(42)37-28(15-10-16-35)34(44)40-17-18-45-24(3)22-40)39-33(43)30(21-26-13-8-5-9-14-26)38-31(41)27(36)20-25-11-6-4-7-12-25/h4-9,11-14,23-24,27-30H,10,15-22,35-36H2,1-3H3,(H,37,42)(H,38,41)(H,39,43)/t24?,27-,28-,29-,30-/m1/s1. The highest BCUT2D eigenvalue weighted by Gasteiger charge is 2.33. The lowest BCUT2D eigenvalue weighted by Gasteiger charge is -2.34. The summed E-state index contributed by atoms with van der Waals surface area (Å²) in [5.74, 6) is -0.592. The van der Waals surface area contributed by atoms with Crippen LogP contribution in [0.1, 0.15) is 51.2 Å². The van der Waals surface area contributed by atoms with Crippen LogP contribution in [0.25, 0.3) is 0 Å². The Balaban J connectivity index is 1.76. The highest BCUT2D eigenvalue weighted by atomic mass is 32.2. The molecule has 1 saturated heterocycles. The maximum atomic E-state index is 13.8. The lowest BCUT2D eigenvalue weighted by molar-refractivity contribution is -0.138. The first-order chi connectivity index (χ1) is 21.6. The average molecular weight is 639 g/mol. The van der Waals surface area contributed by atoms with E-state index in [0.29, 0.717) is 50.6 Å². The van der Waals surface area contributed by atoms with Crippen LogP contribution in [0.15, 0.2) is 60.7 Å². The predicted molar refractivity (Wildman–Crippen MR) is 180 cm³/mol. The molecule has 2 aromatic carbocycles. The van der Waals surface area contributed by atoms with Gasteiger partial charge >= 0.3 is 0 Å². The van der Waals surface area contributed by atoms with Crippen molar-refractivity contribution in [3.63, 3.8) is 0 Å². The molecular weight excluding hydrogens is 588 g/mol. The molecule has 0 saturated carbocycles. The SMILES string of the molecule is CC(C)C[C@@H](NC(=O)[C@@H](Cc1ccccc1)NC(=O)[C@H](N)Cc1ccccc1)C(=O)N[C@H](CCCN)C(=O)N1CCSC(C)C1. The summed E-state index contributed by atoms with van der Waals surface area (Å²) >= 11 is 1.82. The number of amides is 4. The number of thioether (sulfide) groups is 1. The van der Waals surface area contributed by atoms with Crippen LogP contribution < -0.4 is 27.4 Å². The van der Waals surface area contributed by atoms with E-state index in [1.54, 1.807) is 0 Å². The first-order valence-electron chi connectivity index (χ1n) is 15.9. The van der Waals surface area contributed by atoms with E-state index >= 15 is 0 Å². The van der Waals surface area contributed by atoms with E-state index in [4.69, 9.17) is 11.5 Å². The molecule has 1 aliphatic rings. The van der Waals surface area contributed by atoms with Crippen LogP contribution in [0, 0.1) is 5.92 Å². The first-order valence-corrected chi connectivity index (χ1v) is 17.0. The molecule has 246 valence electrons. The van der Waals surface area contributed by atoms with Crippen molar-refractivity contribution in [2.45, 2.75) is 82.3 Å². The molecule has 1 unspecified atom stereocenters. The minimum absolute atomic E-state index is 0.0701. The van der Waals surface area contributed by atoms with Gasteiger partial charge in [0.2, 0.25) is 23.6 Å². The quantitative estimate of drug-likeness (QED) is 0.188. The maximum Gasteiger partial charge on any atom is 0.245 e. The summed E-state index contributed by atoms with van der Waals surface area (Å²) in [7, 11) is 0. The number of nitrogens with two attached hydrogens (primary N) is 2. The second kappa shape index (κ2) is 18.5. The summed E-state index contributed by atoms with van der Waals surface area (Å²) in [6.45, 7) is 7.65. The first kappa shape index (κ1) is 36.1. The lowest BCUT2D eigenvalue weighted by Crippen LogP contribution is -2.59. The van der Waals surface area contributed by atoms with Gasteiger partial charge in [0.25, 0.3) is 0 Å². The molecule has 0 bridgehead atoms. The number of carbonyl (C=O) groups excluding carboxylic acids is 4. The van der Waals surface area contributed by atoms with Crippen molar-refractivity contribution in [1.29, 1.82) is 0 Å². The van der Waals surface area contributed by atoms with Crippen molar-refractivity contribution in [3.8, 4) is 0 Å². The number of hydrogen-bond donors (Lipinski definition) is 5. The van der Waals surface area contributed by atoms with Crippen LogP contribution in [0.5, 0.6) is 0 Å². The number of rotatable bonds is 16. The van der Waals surface area contributed by atoms with Gasteiger partial charge in [-0.2, -0.15) is 11.8 Å². The molecule has 0 spiro atoms. The number of benzene rings is 2. The molecule has 2 aromatic rings. The van der Waals surface area contributed by atoms with Gasteiger partial charge in [-0.15, -0.1) is 0 Å². The molecule has 0 aromatic heterocycles. The van der Waals surface area contributed by atoms with E-state index in [2.05, 4.69) is 22.9 Å². The van der Waals surface area contributed by atoms with Crippen LogP contribution in [-0.2, 0) is 32.0 Å². The van der Waals surface area contributed by atoms with Crippen molar-refractivity contribution in [2.24, 2.45) is 17.4 Å². The second-order valence-electron chi connectivity index (χ2n) is 12.2. The zero-order chi connectivity index (χ0) is 32.8. The van der Waals surface area contributed by atoms with Crippen LogP contribution in [0.3, 0.4) is 0 Å². The Bertz CT molecular complexity index is 1230. The summed E-state index contributed by atoms with van der Waals surface area (Å²) in [5, 5.41) is 8.98. The largest absolute Gasteiger partial charge is 0.343 e. The van der Waals surface area contributed by atoms with E-state index in [1.807, 2.05) is 91.2 Å². The van der Waals surface area contributed by atoms with E-state index in [9.17, 15) is 19.2 Å². The van der Waals surface area contributed by atoms with Crippen LogP contribution in [0.2, 0.25) is 0 Å². The van der Waals surface area contributed by atoms with Crippen molar-refractivity contribution >= 4 is 35.4 Å². The number of nitrogens with zero attached hydrogens (tertiary/aromatic N) is 1. The predicted octanol–water partition coefficient (Wildman–Crippen LogP) is 2.00. The van der Waals surface area contributed by atoms with Gasteiger partial charge in [0.1, 0.15) is 18.1 Å². The summed E-state index contributed by atoms with van der Waals surface area (Å²) in [6, 6.07) is 15.3. The topological polar surface area (TPSA) is 160 Å². The normalized spacial score (nSPS) is 17.6. The van der Waals surface area contributed by atoms with Crippen LogP contribution in [0.4, 0.5) is 0 Å². The molecule has 0 radical (unpaired) electrons. The summed E-state index contributed by atoms with van der Waals surface area (Å²) in [5.41, 5.74) is 13.8. The van der Waals surface area contributed by atoms with Gasteiger partial charge in [-0.25, -0.2) is 0 Å². The molecule has 45 heavy (non-hydrogen) atoms. The molecule has 10 nitrogen and oxygen atoms in total. The number of nitrogens with one attached hydrogen (secondary N) is 3. The Hall–Kier alpha value is -3.41. The Morgan fingerprint density at radius 2 is 1.40 bits per heavy atom. The van der Waals surface area contributed by atoms with Gasteiger partial charge in [0.15, 0.2) is 0 Å². The van der Waals surface area contributed by atoms with Gasteiger partial charge in [-0.3, -0.25) is 19.2 Å². The van der Waals surface area contributed by atoms with Crippen molar-refractivity contribution in [2.75, 3.05) is 25.4 Å². The zero-order valence-electron chi connectivity index (χ0n) is 26.7. The van der Waals surface area contributed by atoms with E-state index in [0.717, 1.165) is 16.9 Å². The monoisotopic (exact) mass is 638 g/mol. The fourth-order valence-corrected chi connectivity index (χ4v) is 6.38. The molecule has 7 N–H and O–H groups in total. The molecule has 0 aliphatic carbocycles. The highest BCUT2D eigenvalue weighted by molar-refractivity contribution is 7.99. The van der Waals surface area contributed by atoms with Crippen molar-refractivity contribution in [3.05, 3.63) is 71.8 Å². The fourth-order valence-electron chi connectivity index (χ4n) is 5.36. The van der Waals surface area contributed by atoms with Crippen molar-refractivity contribution < 1.29 is 19.2 Å². The Labute approximate surface area is 271 Å². The van der Waals surface area contributed by atoms with Gasteiger partial charge < -0.3 is 32.3 Å². The van der Waals surface area contributed by atoms with E-state index in [1.165, 1.54) is 0 Å². The highest BCUT2D eigenvalue weighted by Crippen LogP contribution is 2.19. The summed E-state index contributed by atoms with van der Waals surface area (Å²) in [4.78, 5) is 56.0. The minimum Gasteiger partial charge on any atom is -0.343 e. The molecule has 1 fully saturated rings. The Kier molecular flexibility index (Phi) is 14.9. The minimum atomic E-state index is -0.966. The molecule has 5 atom stereocenters. The Morgan fingerprint density at radius 3 is 1.98 bits per heavy atom. The third-order valence-corrected chi connectivity index (χ3v) is 8.89. The number of carbonyl (C=O) groups is 4. The second-order valence-corrected chi connectivity index (χ2v) is 13.7. The van der Waals surface area contributed by atoms with E-state index < -0.39 is 41.9 Å². The van der Waals surface area contributed by atoms with Gasteiger partial charge in [0.05, 0.1) is 6.04 Å². The smallest absolute Gasteiger partial charge is 0.245 e. The van der Waals surface area contributed by atoms with E-state index in [-0.39, 0.29) is 18.2 Å². The average Bonchev–Trinajstić information content (AvgIpc) is 3.02. The maximum absolute atomic E-state index is 13.8. The summed E-state index contributed by atoms with van der Waals surface area (Å²) in [6.07, 6.45) is 1.87. The molecule has 11 heteroatoms. The van der Waals surface area contributed by atoms with Crippen LogP contribution >= 0.6 is 11.8 Å². The van der Waals surface area contributed by atoms with Gasteiger partial charge in [-0.05, 0) is 49.3 Å². The summed E-state index contributed by atoms with van der Waals surface area (Å²) < 4.78 is 0. The molecule has 1 heterocycles.